The molecule has 0 fully saturated rings. The maximum Gasteiger partial charge on any atom is 0.416 e. The molecule has 1 amide bonds. The highest BCUT2D eigenvalue weighted by atomic mass is 19.4. The first-order chi connectivity index (χ1) is 13.4. The number of carbonyl (C=O) groups excluding carboxylic acids is 1. The van der Waals surface area contributed by atoms with Gasteiger partial charge < -0.3 is 14.4 Å². The molecule has 2 aromatic rings. The lowest BCUT2D eigenvalue weighted by Gasteiger charge is -2.21. The van der Waals surface area contributed by atoms with Crippen molar-refractivity contribution in [2.24, 2.45) is 0 Å². The van der Waals surface area contributed by atoms with Gasteiger partial charge in [0.1, 0.15) is 5.75 Å². The highest BCUT2D eigenvalue weighted by molar-refractivity contribution is 5.94. The molecule has 0 spiro atoms. The molecule has 2 aromatic carbocycles. The van der Waals surface area contributed by atoms with Crippen LogP contribution in [0.4, 0.5) is 26.3 Å². The van der Waals surface area contributed by atoms with Gasteiger partial charge in [-0.05, 0) is 42.0 Å². The zero-order valence-electron chi connectivity index (χ0n) is 15.0. The quantitative estimate of drug-likeness (QED) is 0.667. The normalized spacial score (nSPS) is 14.2. The first kappa shape index (κ1) is 21.0. The Morgan fingerprint density at radius 3 is 2.21 bits per heavy atom. The second kappa shape index (κ2) is 7.58. The molecule has 4 nitrogen and oxygen atoms in total. The molecule has 3 rings (SSSR count). The Morgan fingerprint density at radius 1 is 1.00 bits per heavy atom. The van der Waals surface area contributed by atoms with E-state index in [4.69, 9.17) is 9.47 Å². The molecule has 0 bridgehead atoms. The highest BCUT2D eigenvalue weighted by Gasteiger charge is 2.37. The van der Waals surface area contributed by atoms with Crippen LogP contribution in [0.3, 0.4) is 0 Å². The predicted molar refractivity (Wildman–Crippen MR) is 89.0 cm³/mol. The minimum atomic E-state index is -4.95. The van der Waals surface area contributed by atoms with E-state index in [9.17, 15) is 31.1 Å². The topological polar surface area (TPSA) is 38.8 Å². The summed E-state index contributed by atoms with van der Waals surface area (Å²) in [4.78, 5) is 13.6. The number of halogens is 6. The van der Waals surface area contributed by atoms with Crippen LogP contribution in [0, 0.1) is 0 Å². The molecule has 1 heterocycles. The first-order valence-electron chi connectivity index (χ1n) is 8.32. The van der Waals surface area contributed by atoms with Gasteiger partial charge in [-0.25, -0.2) is 0 Å². The number of ether oxygens (including phenoxy) is 2. The number of carbonyl (C=O) groups is 1. The molecule has 29 heavy (non-hydrogen) atoms. The molecule has 0 unspecified atom stereocenters. The SMILES string of the molecule is CN(Cc1cc(C(F)(F)F)cc(C(F)(F)F)c1)C(=O)c1ccc2c(c1)COCO2. The van der Waals surface area contributed by atoms with Crippen LogP contribution in [-0.2, 0) is 30.2 Å². The minimum Gasteiger partial charge on any atom is -0.467 e. The van der Waals surface area contributed by atoms with E-state index in [0.29, 0.717) is 23.4 Å². The average Bonchev–Trinajstić information content (AvgIpc) is 2.65. The van der Waals surface area contributed by atoms with E-state index in [1.54, 1.807) is 6.07 Å². The van der Waals surface area contributed by atoms with Gasteiger partial charge in [0, 0.05) is 24.7 Å². The number of nitrogens with zero attached hydrogens (tertiary/aromatic N) is 1. The van der Waals surface area contributed by atoms with Crippen molar-refractivity contribution in [1.29, 1.82) is 0 Å². The smallest absolute Gasteiger partial charge is 0.416 e. The van der Waals surface area contributed by atoms with E-state index in [1.807, 2.05) is 0 Å². The van der Waals surface area contributed by atoms with Gasteiger partial charge in [0.05, 0.1) is 17.7 Å². The average molecular weight is 419 g/mol. The van der Waals surface area contributed by atoms with Crippen LogP contribution in [0.5, 0.6) is 5.75 Å². The molecule has 10 heteroatoms. The second-order valence-corrected chi connectivity index (χ2v) is 6.51. The summed E-state index contributed by atoms with van der Waals surface area (Å²) in [5.74, 6) is -0.0208. The van der Waals surface area contributed by atoms with Gasteiger partial charge in [0.25, 0.3) is 5.91 Å². The zero-order chi connectivity index (χ0) is 21.4. The Kier molecular flexibility index (Phi) is 5.48. The maximum absolute atomic E-state index is 13.0. The van der Waals surface area contributed by atoms with E-state index in [1.165, 1.54) is 19.2 Å². The summed E-state index contributed by atoms with van der Waals surface area (Å²) in [5.41, 5.74) is -2.30. The number of alkyl halides is 6. The Labute approximate surface area is 161 Å². The van der Waals surface area contributed by atoms with E-state index in [0.717, 1.165) is 4.90 Å². The van der Waals surface area contributed by atoms with Gasteiger partial charge in [-0.15, -0.1) is 0 Å². The zero-order valence-corrected chi connectivity index (χ0v) is 15.0. The molecular weight excluding hydrogens is 404 g/mol. The van der Waals surface area contributed by atoms with Crippen LogP contribution >= 0.6 is 0 Å². The predicted octanol–water partition coefficient (Wildman–Crippen LogP) is 4.86. The van der Waals surface area contributed by atoms with Crippen LogP contribution < -0.4 is 4.74 Å². The van der Waals surface area contributed by atoms with Gasteiger partial charge in [-0.2, -0.15) is 26.3 Å². The number of fused-ring (bicyclic) bond motifs is 1. The number of benzene rings is 2. The van der Waals surface area contributed by atoms with Gasteiger partial charge in [0.15, 0.2) is 6.79 Å². The van der Waals surface area contributed by atoms with Crippen molar-refractivity contribution in [3.63, 3.8) is 0 Å². The number of hydrogen-bond acceptors (Lipinski definition) is 3. The molecule has 1 aliphatic heterocycles. The maximum atomic E-state index is 13.0. The van der Waals surface area contributed by atoms with Crippen LogP contribution in [0.1, 0.15) is 32.6 Å². The standard InChI is InChI=1S/C19H15F6NO3/c1-26(17(27)12-2-3-16-13(6-12)9-28-10-29-16)8-11-4-14(18(20,21)22)7-15(5-11)19(23,24)25/h2-7H,8-10H2,1H3. The highest BCUT2D eigenvalue weighted by Crippen LogP contribution is 2.36. The number of rotatable bonds is 3. The number of hydrogen-bond donors (Lipinski definition) is 0. The third-order valence-corrected chi connectivity index (χ3v) is 4.28. The fraction of sp³-hybridized carbons (Fsp3) is 0.316. The molecule has 0 saturated carbocycles. The molecule has 0 radical (unpaired) electrons. The van der Waals surface area contributed by atoms with Crippen LogP contribution in [0.25, 0.3) is 0 Å². The monoisotopic (exact) mass is 419 g/mol. The molecule has 0 saturated heterocycles. The van der Waals surface area contributed by atoms with E-state index in [2.05, 4.69) is 0 Å². The van der Waals surface area contributed by atoms with Crippen LogP contribution in [0.2, 0.25) is 0 Å². The Hall–Kier alpha value is -2.75. The molecule has 1 aliphatic rings. The van der Waals surface area contributed by atoms with Crippen LogP contribution in [0.15, 0.2) is 36.4 Å². The molecular formula is C19H15F6NO3. The van der Waals surface area contributed by atoms with Gasteiger partial charge >= 0.3 is 12.4 Å². The van der Waals surface area contributed by atoms with Gasteiger partial charge in [0.2, 0.25) is 0 Å². The Bertz CT molecular complexity index is 891. The molecule has 0 aliphatic carbocycles. The summed E-state index contributed by atoms with van der Waals surface area (Å²) in [6, 6.07) is 5.80. The van der Waals surface area contributed by atoms with Crippen molar-refractivity contribution >= 4 is 5.91 Å². The third kappa shape index (κ3) is 4.81. The summed E-state index contributed by atoms with van der Waals surface area (Å²) < 4.78 is 88.3. The Morgan fingerprint density at radius 2 is 1.62 bits per heavy atom. The van der Waals surface area contributed by atoms with E-state index in [-0.39, 0.29) is 30.6 Å². The van der Waals surface area contributed by atoms with Crippen molar-refractivity contribution in [3.05, 3.63) is 64.2 Å². The van der Waals surface area contributed by atoms with Crippen molar-refractivity contribution in [2.75, 3.05) is 13.8 Å². The fourth-order valence-electron chi connectivity index (χ4n) is 2.90. The largest absolute Gasteiger partial charge is 0.467 e. The van der Waals surface area contributed by atoms with Crippen molar-refractivity contribution in [3.8, 4) is 5.75 Å². The second-order valence-electron chi connectivity index (χ2n) is 6.51. The molecule has 156 valence electrons. The van der Waals surface area contributed by atoms with Crippen LogP contribution in [-0.4, -0.2) is 24.6 Å². The van der Waals surface area contributed by atoms with Gasteiger partial charge in [-0.3, -0.25) is 4.79 Å². The summed E-state index contributed by atoms with van der Waals surface area (Å²) in [6.45, 7) is -0.129. The summed E-state index contributed by atoms with van der Waals surface area (Å²) in [5, 5.41) is 0. The lowest BCUT2D eigenvalue weighted by atomic mass is 10.0. The first-order valence-corrected chi connectivity index (χ1v) is 8.32. The number of amides is 1. The lowest BCUT2D eigenvalue weighted by Crippen LogP contribution is -2.27. The Balaban J connectivity index is 1.86. The summed E-state index contributed by atoms with van der Waals surface area (Å²) >= 11 is 0. The minimum absolute atomic E-state index is 0.0504. The van der Waals surface area contributed by atoms with Gasteiger partial charge in [-0.1, -0.05) is 0 Å². The van der Waals surface area contributed by atoms with Crippen molar-refractivity contribution in [1.82, 2.24) is 4.90 Å². The molecule has 0 N–H and O–H groups in total. The fourth-order valence-corrected chi connectivity index (χ4v) is 2.90. The molecule has 0 aromatic heterocycles. The van der Waals surface area contributed by atoms with Crippen molar-refractivity contribution < 1.29 is 40.6 Å². The third-order valence-electron chi connectivity index (χ3n) is 4.28. The molecule has 0 atom stereocenters. The lowest BCUT2D eigenvalue weighted by molar-refractivity contribution is -0.143. The summed E-state index contributed by atoms with van der Waals surface area (Å²) in [6.07, 6.45) is -9.89. The van der Waals surface area contributed by atoms with Crippen molar-refractivity contribution in [2.45, 2.75) is 25.5 Å². The van der Waals surface area contributed by atoms with E-state index < -0.39 is 35.9 Å². The summed E-state index contributed by atoms with van der Waals surface area (Å²) in [7, 11) is 1.29. The van der Waals surface area contributed by atoms with E-state index >= 15 is 0 Å².